The molecule has 0 aliphatic rings. The van der Waals surface area contributed by atoms with Crippen molar-refractivity contribution in [1.29, 1.82) is 0 Å². The van der Waals surface area contributed by atoms with Gasteiger partial charge in [-0.05, 0) is 32.4 Å². The Balaban J connectivity index is 1.54. The summed E-state index contributed by atoms with van der Waals surface area (Å²) >= 11 is 1.17. The molecule has 30 heavy (non-hydrogen) atoms. The summed E-state index contributed by atoms with van der Waals surface area (Å²) in [5.74, 6) is -0.252. The molecule has 0 spiro atoms. The number of esters is 1. The lowest BCUT2D eigenvalue weighted by Gasteiger charge is -2.07. The number of carbonyl (C=O) groups excluding carboxylic acids is 2. The second-order valence-electron chi connectivity index (χ2n) is 6.86. The Labute approximate surface area is 176 Å². The molecule has 1 aromatic carbocycles. The van der Waals surface area contributed by atoms with E-state index in [0.29, 0.717) is 33.6 Å². The van der Waals surface area contributed by atoms with Gasteiger partial charge in [0.2, 0.25) is 0 Å². The van der Waals surface area contributed by atoms with E-state index >= 15 is 0 Å². The lowest BCUT2D eigenvalue weighted by molar-refractivity contribution is 0.0599. The van der Waals surface area contributed by atoms with Crippen molar-refractivity contribution in [3.05, 3.63) is 53.0 Å². The van der Waals surface area contributed by atoms with Crippen molar-refractivity contribution in [2.24, 2.45) is 0 Å². The molecule has 4 rings (SSSR count). The van der Waals surface area contributed by atoms with Gasteiger partial charge in [-0.2, -0.15) is 0 Å². The number of rotatable bonds is 6. The van der Waals surface area contributed by atoms with Crippen molar-refractivity contribution in [3.63, 3.8) is 0 Å². The molecular weight excluding hydrogens is 404 g/mol. The first-order valence-corrected chi connectivity index (χ1v) is 10.2. The number of aryl methyl sites for hydroxylation is 1. The Kier molecular flexibility index (Phi) is 5.21. The summed E-state index contributed by atoms with van der Waals surface area (Å²) in [7, 11) is 1.31. The largest absolute Gasteiger partial charge is 0.465 e. The molecule has 0 fully saturated rings. The molecule has 0 amide bonds. The molecule has 0 aliphatic carbocycles. The van der Waals surface area contributed by atoms with Crippen molar-refractivity contribution < 1.29 is 18.7 Å². The number of H-pyrrole nitrogens is 2. The second-order valence-corrected chi connectivity index (χ2v) is 8.15. The number of fused-ring (bicyclic) bond motifs is 1. The number of aromatic amines is 2. The number of methoxy groups -OCH3 is 1. The van der Waals surface area contributed by atoms with Gasteiger partial charge in [0, 0.05) is 22.8 Å². The predicted molar refractivity (Wildman–Crippen MR) is 113 cm³/mol. The number of Topliss-reactive ketones (excluding diaryl/α,β-unsaturated/α-hetero) is 1. The number of para-hydroxylation sites is 1. The fourth-order valence-corrected chi connectivity index (χ4v) is 4.17. The van der Waals surface area contributed by atoms with Crippen LogP contribution in [0.2, 0.25) is 0 Å². The van der Waals surface area contributed by atoms with E-state index in [1.807, 2.05) is 30.5 Å². The first-order valence-electron chi connectivity index (χ1n) is 9.29. The molecule has 4 aromatic rings. The number of carbonyl (C=O) groups is 2. The van der Waals surface area contributed by atoms with Crippen LogP contribution in [-0.2, 0) is 4.74 Å². The van der Waals surface area contributed by atoms with Crippen molar-refractivity contribution in [2.75, 3.05) is 7.11 Å². The van der Waals surface area contributed by atoms with E-state index in [2.05, 4.69) is 20.2 Å². The highest BCUT2D eigenvalue weighted by molar-refractivity contribution is 8.00. The van der Waals surface area contributed by atoms with E-state index in [1.165, 1.54) is 18.9 Å². The summed E-state index contributed by atoms with van der Waals surface area (Å²) < 4.78 is 10.6. The number of nitrogens with one attached hydrogen (secondary N) is 2. The number of ether oxygens (including phenoxy) is 1. The van der Waals surface area contributed by atoms with Crippen LogP contribution in [0.1, 0.15) is 39.0 Å². The number of aromatic nitrogens is 4. The maximum Gasteiger partial charge on any atom is 0.339 e. The summed E-state index contributed by atoms with van der Waals surface area (Å²) in [6, 6.07) is 7.82. The third-order valence-electron chi connectivity index (χ3n) is 4.95. The standard InChI is InChI=1S/C21H20N4O4S/c1-10-16(20(27)28-4)11(2)23-17(10)18(26)12(3)30-21-25-24-19(29-21)14-9-22-15-8-6-5-7-13(14)15/h5-9,12,22-23H,1-4H3. The van der Waals surface area contributed by atoms with Gasteiger partial charge >= 0.3 is 5.97 Å². The number of benzene rings is 1. The van der Waals surface area contributed by atoms with Crippen LogP contribution in [0.25, 0.3) is 22.4 Å². The topological polar surface area (TPSA) is 114 Å². The third-order valence-corrected chi connectivity index (χ3v) is 5.88. The highest BCUT2D eigenvalue weighted by atomic mass is 32.2. The highest BCUT2D eigenvalue weighted by Gasteiger charge is 2.27. The molecule has 3 heterocycles. The van der Waals surface area contributed by atoms with Crippen molar-refractivity contribution >= 4 is 34.4 Å². The Bertz CT molecular complexity index is 1250. The van der Waals surface area contributed by atoms with E-state index in [9.17, 15) is 9.59 Å². The van der Waals surface area contributed by atoms with Gasteiger partial charge in [-0.25, -0.2) is 4.79 Å². The van der Waals surface area contributed by atoms with Crippen LogP contribution in [-0.4, -0.2) is 44.3 Å². The zero-order chi connectivity index (χ0) is 21.4. The number of ketones is 1. The predicted octanol–water partition coefficient (Wildman–Crippen LogP) is 4.31. The van der Waals surface area contributed by atoms with Crippen LogP contribution in [0.5, 0.6) is 0 Å². The molecular formula is C21H20N4O4S. The number of hydrogen-bond donors (Lipinski definition) is 2. The summed E-state index contributed by atoms with van der Waals surface area (Å²) in [5.41, 5.74) is 3.72. The smallest absolute Gasteiger partial charge is 0.339 e. The van der Waals surface area contributed by atoms with Crippen LogP contribution in [0, 0.1) is 13.8 Å². The molecule has 2 N–H and O–H groups in total. The quantitative estimate of drug-likeness (QED) is 0.269. The van der Waals surface area contributed by atoms with Gasteiger partial charge in [0.15, 0.2) is 5.78 Å². The van der Waals surface area contributed by atoms with Crippen LogP contribution in [0.4, 0.5) is 0 Å². The van der Waals surface area contributed by atoms with E-state index in [0.717, 1.165) is 16.5 Å². The van der Waals surface area contributed by atoms with E-state index in [4.69, 9.17) is 9.15 Å². The first-order chi connectivity index (χ1) is 14.4. The average Bonchev–Trinajstić information content (AvgIpc) is 3.44. The fourth-order valence-electron chi connectivity index (χ4n) is 3.43. The maximum absolute atomic E-state index is 13.0. The minimum absolute atomic E-state index is 0.164. The van der Waals surface area contributed by atoms with E-state index in [-0.39, 0.29) is 5.78 Å². The molecule has 154 valence electrons. The van der Waals surface area contributed by atoms with Crippen LogP contribution < -0.4 is 0 Å². The minimum Gasteiger partial charge on any atom is -0.465 e. The monoisotopic (exact) mass is 424 g/mol. The van der Waals surface area contributed by atoms with E-state index < -0.39 is 11.2 Å². The summed E-state index contributed by atoms with van der Waals surface area (Å²) in [5, 5.41) is 8.98. The number of hydrogen-bond acceptors (Lipinski definition) is 7. The molecule has 0 saturated carbocycles. The van der Waals surface area contributed by atoms with Gasteiger partial charge in [0.1, 0.15) is 0 Å². The Morgan fingerprint density at radius 2 is 1.97 bits per heavy atom. The molecule has 0 aliphatic heterocycles. The summed E-state index contributed by atoms with van der Waals surface area (Å²) in [4.78, 5) is 31.1. The number of thioether (sulfide) groups is 1. The van der Waals surface area contributed by atoms with Gasteiger partial charge in [0.25, 0.3) is 11.1 Å². The van der Waals surface area contributed by atoms with Crippen molar-refractivity contribution in [3.8, 4) is 11.5 Å². The molecule has 0 saturated heterocycles. The maximum atomic E-state index is 13.0. The highest BCUT2D eigenvalue weighted by Crippen LogP contribution is 2.32. The molecule has 0 radical (unpaired) electrons. The third kappa shape index (κ3) is 3.41. The van der Waals surface area contributed by atoms with Gasteiger partial charge in [-0.15, -0.1) is 10.2 Å². The molecule has 8 nitrogen and oxygen atoms in total. The molecule has 9 heteroatoms. The Morgan fingerprint density at radius 3 is 2.73 bits per heavy atom. The van der Waals surface area contributed by atoms with Gasteiger partial charge in [-0.1, -0.05) is 30.0 Å². The lowest BCUT2D eigenvalue weighted by Crippen LogP contribution is -2.15. The fraction of sp³-hybridized carbons (Fsp3) is 0.238. The van der Waals surface area contributed by atoms with Crippen molar-refractivity contribution in [2.45, 2.75) is 31.2 Å². The van der Waals surface area contributed by atoms with Crippen LogP contribution >= 0.6 is 11.8 Å². The zero-order valence-corrected chi connectivity index (χ0v) is 17.7. The first kappa shape index (κ1) is 20.0. The van der Waals surface area contributed by atoms with Gasteiger partial charge in [0.05, 0.1) is 29.2 Å². The molecule has 3 aromatic heterocycles. The molecule has 1 unspecified atom stereocenters. The Hall–Kier alpha value is -3.33. The summed E-state index contributed by atoms with van der Waals surface area (Å²) in [6.07, 6.45) is 1.82. The number of nitrogens with zero attached hydrogens (tertiary/aromatic N) is 2. The summed E-state index contributed by atoms with van der Waals surface area (Å²) in [6.45, 7) is 5.22. The zero-order valence-electron chi connectivity index (χ0n) is 16.9. The minimum atomic E-state index is -0.497. The lowest BCUT2D eigenvalue weighted by atomic mass is 10.1. The van der Waals surface area contributed by atoms with Gasteiger partial charge < -0.3 is 19.1 Å². The SMILES string of the molecule is COC(=O)c1c(C)[nH]c(C(=O)C(C)Sc2nnc(-c3c[nH]c4ccccc34)o2)c1C. The van der Waals surface area contributed by atoms with E-state index in [1.54, 1.807) is 20.8 Å². The average molecular weight is 424 g/mol. The normalized spacial score (nSPS) is 12.3. The molecule has 1 atom stereocenters. The molecule has 0 bridgehead atoms. The van der Waals surface area contributed by atoms with Crippen LogP contribution in [0.15, 0.2) is 40.1 Å². The second kappa shape index (κ2) is 7.83. The van der Waals surface area contributed by atoms with Crippen molar-refractivity contribution in [1.82, 2.24) is 20.2 Å². The van der Waals surface area contributed by atoms with Crippen LogP contribution in [0.3, 0.4) is 0 Å². The van der Waals surface area contributed by atoms with Gasteiger partial charge in [-0.3, -0.25) is 4.79 Å². The Morgan fingerprint density at radius 1 is 1.20 bits per heavy atom.